The lowest BCUT2D eigenvalue weighted by Gasteiger charge is -2.24. The van der Waals surface area contributed by atoms with E-state index in [4.69, 9.17) is 4.74 Å². The SMILES string of the molecule is O=C([C@@H]1CCOC1)N1CCCN(CCCc2ccccc2)CC1. The molecule has 0 N–H and O–H groups in total. The topological polar surface area (TPSA) is 32.8 Å². The van der Waals surface area contributed by atoms with Crippen LogP contribution in [0.5, 0.6) is 0 Å². The van der Waals surface area contributed by atoms with E-state index in [1.165, 1.54) is 12.0 Å². The fourth-order valence-corrected chi connectivity index (χ4v) is 3.55. The van der Waals surface area contributed by atoms with Gasteiger partial charge in [-0.2, -0.15) is 0 Å². The largest absolute Gasteiger partial charge is 0.381 e. The number of hydrogen-bond donors (Lipinski definition) is 0. The van der Waals surface area contributed by atoms with Crippen molar-refractivity contribution in [3.05, 3.63) is 35.9 Å². The van der Waals surface area contributed by atoms with Crippen LogP contribution in [0, 0.1) is 5.92 Å². The second-order valence-electron chi connectivity index (χ2n) is 6.67. The Bertz CT molecular complexity index is 485. The van der Waals surface area contributed by atoms with E-state index >= 15 is 0 Å². The van der Waals surface area contributed by atoms with Gasteiger partial charge in [0.2, 0.25) is 5.91 Å². The Morgan fingerprint density at radius 3 is 2.78 bits per heavy atom. The van der Waals surface area contributed by atoms with Crippen LogP contribution < -0.4 is 0 Å². The van der Waals surface area contributed by atoms with Gasteiger partial charge in [-0.15, -0.1) is 0 Å². The Morgan fingerprint density at radius 1 is 1.13 bits per heavy atom. The monoisotopic (exact) mass is 316 g/mol. The van der Waals surface area contributed by atoms with E-state index in [0.717, 1.165) is 58.6 Å². The first-order valence-electron chi connectivity index (χ1n) is 8.96. The van der Waals surface area contributed by atoms with Gasteiger partial charge in [0.25, 0.3) is 0 Å². The van der Waals surface area contributed by atoms with Gasteiger partial charge in [-0.25, -0.2) is 0 Å². The minimum atomic E-state index is 0.111. The predicted molar refractivity (Wildman–Crippen MR) is 91.3 cm³/mol. The van der Waals surface area contributed by atoms with Crippen molar-refractivity contribution < 1.29 is 9.53 Å². The van der Waals surface area contributed by atoms with Crippen molar-refractivity contribution in [1.82, 2.24) is 9.80 Å². The molecule has 0 bridgehead atoms. The zero-order valence-electron chi connectivity index (χ0n) is 14.0. The van der Waals surface area contributed by atoms with E-state index < -0.39 is 0 Å². The number of carbonyl (C=O) groups is 1. The van der Waals surface area contributed by atoms with Crippen LogP contribution in [0.1, 0.15) is 24.8 Å². The maximum atomic E-state index is 12.5. The third kappa shape index (κ3) is 4.79. The normalized spacial score (nSPS) is 23.0. The van der Waals surface area contributed by atoms with Crippen molar-refractivity contribution in [2.45, 2.75) is 25.7 Å². The zero-order valence-corrected chi connectivity index (χ0v) is 14.0. The molecule has 4 heteroatoms. The molecule has 0 radical (unpaired) electrons. The fraction of sp³-hybridized carbons (Fsp3) is 0.632. The van der Waals surface area contributed by atoms with Gasteiger partial charge in [-0.1, -0.05) is 30.3 Å². The van der Waals surface area contributed by atoms with E-state index in [1.54, 1.807) is 0 Å². The first kappa shape index (κ1) is 16.5. The molecule has 2 saturated heterocycles. The number of nitrogens with zero attached hydrogens (tertiary/aromatic N) is 2. The van der Waals surface area contributed by atoms with Gasteiger partial charge in [0.15, 0.2) is 0 Å². The minimum Gasteiger partial charge on any atom is -0.381 e. The molecule has 0 aliphatic carbocycles. The minimum absolute atomic E-state index is 0.111. The Morgan fingerprint density at radius 2 is 2.00 bits per heavy atom. The van der Waals surface area contributed by atoms with Crippen molar-refractivity contribution in [2.24, 2.45) is 5.92 Å². The summed E-state index contributed by atoms with van der Waals surface area (Å²) in [5.74, 6) is 0.424. The highest BCUT2D eigenvalue weighted by Crippen LogP contribution is 2.17. The maximum absolute atomic E-state index is 12.5. The van der Waals surface area contributed by atoms with Crippen molar-refractivity contribution in [2.75, 3.05) is 45.9 Å². The predicted octanol–water partition coefficient (Wildman–Crippen LogP) is 2.19. The Balaban J connectivity index is 1.40. The molecule has 126 valence electrons. The molecular formula is C19H28N2O2. The van der Waals surface area contributed by atoms with E-state index in [9.17, 15) is 4.79 Å². The average Bonchev–Trinajstić information content (AvgIpc) is 3.02. The molecular weight excluding hydrogens is 288 g/mol. The molecule has 2 aliphatic heterocycles. The summed E-state index contributed by atoms with van der Waals surface area (Å²) < 4.78 is 5.36. The first-order valence-corrected chi connectivity index (χ1v) is 8.96. The van der Waals surface area contributed by atoms with Crippen molar-refractivity contribution in [3.63, 3.8) is 0 Å². The Labute approximate surface area is 139 Å². The summed E-state index contributed by atoms with van der Waals surface area (Å²) in [7, 11) is 0. The molecule has 23 heavy (non-hydrogen) atoms. The summed E-state index contributed by atoms with van der Waals surface area (Å²) in [6.07, 6.45) is 4.31. The molecule has 0 spiro atoms. The first-order chi connectivity index (χ1) is 11.3. The number of hydrogen-bond acceptors (Lipinski definition) is 3. The highest BCUT2D eigenvalue weighted by molar-refractivity contribution is 5.79. The van der Waals surface area contributed by atoms with Gasteiger partial charge >= 0.3 is 0 Å². The van der Waals surface area contributed by atoms with Crippen molar-refractivity contribution >= 4 is 5.91 Å². The zero-order chi connectivity index (χ0) is 15.9. The van der Waals surface area contributed by atoms with Gasteiger partial charge in [-0.3, -0.25) is 4.79 Å². The molecule has 3 rings (SSSR count). The van der Waals surface area contributed by atoms with Crippen LogP contribution in [0.3, 0.4) is 0 Å². The van der Waals surface area contributed by atoms with Gasteiger partial charge in [0, 0.05) is 26.2 Å². The lowest BCUT2D eigenvalue weighted by molar-refractivity contribution is -0.135. The average molecular weight is 316 g/mol. The van der Waals surface area contributed by atoms with Crippen LogP contribution in [0.15, 0.2) is 30.3 Å². The molecule has 4 nitrogen and oxygen atoms in total. The maximum Gasteiger partial charge on any atom is 0.228 e. The molecule has 1 atom stereocenters. The smallest absolute Gasteiger partial charge is 0.228 e. The van der Waals surface area contributed by atoms with E-state index in [-0.39, 0.29) is 5.92 Å². The summed E-state index contributed by atoms with van der Waals surface area (Å²) in [6.45, 7) is 6.40. The highest BCUT2D eigenvalue weighted by atomic mass is 16.5. The Hall–Kier alpha value is -1.39. The quantitative estimate of drug-likeness (QED) is 0.835. The van der Waals surface area contributed by atoms with Crippen LogP contribution in [0.2, 0.25) is 0 Å². The van der Waals surface area contributed by atoms with E-state index in [2.05, 4.69) is 40.1 Å². The molecule has 0 aromatic heterocycles. The van der Waals surface area contributed by atoms with Crippen molar-refractivity contribution in [3.8, 4) is 0 Å². The third-order valence-corrected chi connectivity index (χ3v) is 4.96. The van der Waals surface area contributed by atoms with E-state index in [0.29, 0.717) is 12.5 Å². The summed E-state index contributed by atoms with van der Waals surface area (Å²) in [6, 6.07) is 10.7. The summed E-state index contributed by atoms with van der Waals surface area (Å²) >= 11 is 0. The molecule has 2 aliphatic rings. The summed E-state index contributed by atoms with van der Waals surface area (Å²) in [5, 5.41) is 0. The second-order valence-corrected chi connectivity index (χ2v) is 6.67. The standard InChI is InChI=1S/C19H28N2O2/c22-19(18-9-15-23-16-18)21-12-5-11-20(13-14-21)10-4-8-17-6-2-1-3-7-17/h1-3,6-7,18H,4-5,8-16H2/t18-/m1/s1. The number of amides is 1. The van der Waals surface area contributed by atoms with Gasteiger partial charge in [0.1, 0.15) is 0 Å². The van der Waals surface area contributed by atoms with Gasteiger partial charge in [0.05, 0.1) is 12.5 Å². The number of ether oxygens (including phenoxy) is 1. The Kier molecular flexibility index (Phi) is 6.06. The number of benzene rings is 1. The van der Waals surface area contributed by atoms with Crippen molar-refractivity contribution in [1.29, 1.82) is 0 Å². The number of carbonyl (C=O) groups excluding carboxylic acids is 1. The molecule has 0 unspecified atom stereocenters. The van der Waals surface area contributed by atoms with Crippen LogP contribution >= 0.6 is 0 Å². The molecule has 2 heterocycles. The van der Waals surface area contributed by atoms with Crippen LogP contribution in [0.4, 0.5) is 0 Å². The van der Waals surface area contributed by atoms with Crippen LogP contribution in [-0.4, -0.2) is 61.6 Å². The lowest BCUT2D eigenvalue weighted by atomic mass is 10.1. The molecule has 0 saturated carbocycles. The second kappa shape index (κ2) is 8.46. The van der Waals surface area contributed by atoms with Crippen LogP contribution in [0.25, 0.3) is 0 Å². The van der Waals surface area contributed by atoms with E-state index in [1.807, 2.05) is 0 Å². The molecule has 1 aromatic rings. The highest BCUT2D eigenvalue weighted by Gasteiger charge is 2.28. The molecule has 2 fully saturated rings. The molecule has 1 aromatic carbocycles. The van der Waals surface area contributed by atoms with Crippen LogP contribution in [-0.2, 0) is 16.0 Å². The summed E-state index contributed by atoms with van der Waals surface area (Å²) in [5.41, 5.74) is 1.42. The number of aryl methyl sites for hydroxylation is 1. The number of rotatable bonds is 5. The molecule has 1 amide bonds. The fourth-order valence-electron chi connectivity index (χ4n) is 3.55. The third-order valence-electron chi connectivity index (χ3n) is 4.96. The van der Waals surface area contributed by atoms with Gasteiger partial charge in [-0.05, 0) is 44.3 Å². The lowest BCUT2D eigenvalue weighted by Crippen LogP contribution is -2.39. The summed E-state index contributed by atoms with van der Waals surface area (Å²) in [4.78, 5) is 17.1. The van der Waals surface area contributed by atoms with Gasteiger partial charge < -0.3 is 14.5 Å².